The maximum absolute atomic E-state index is 5.62. The van der Waals surface area contributed by atoms with Crippen molar-refractivity contribution >= 4 is 15.9 Å². The molecule has 0 saturated heterocycles. The van der Waals surface area contributed by atoms with E-state index in [0.29, 0.717) is 29.9 Å². The lowest BCUT2D eigenvalue weighted by molar-refractivity contribution is 0.271. The smallest absolute Gasteiger partial charge is 0.283 e. The molecule has 0 aliphatic carbocycles. The van der Waals surface area contributed by atoms with Crippen LogP contribution in [0.2, 0.25) is 0 Å². The van der Waals surface area contributed by atoms with E-state index in [1.54, 1.807) is 13.0 Å². The van der Waals surface area contributed by atoms with Crippen LogP contribution in [0.25, 0.3) is 11.7 Å². The molecule has 102 valence electrons. The maximum Gasteiger partial charge on any atom is 0.283 e. The standard InChI is InChI=1S/C14H11BrN2O3/c1-9-16-17-14(19-9)13-7-6-12(20-13)8-18-11-4-2-10(15)3-5-11/h2-7H,8H2,1H3. The van der Waals surface area contributed by atoms with Crippen LogP contribution in [0, 0.1) is 6.92 Å². The third-order valence-electron chi connectivity index (χ3n) is 2.59. The summed E-state index contributed by atoms with van der Waals surface area (Å²) in [5, 5.41) is 7.66. The first kappa shape index (κ1) is 12.9. The molecule has 0 unspecified atom stereocenters. The number of aromatic nitrogens is 2. The number of hydrogen-bond acceptors (Lipinski definition) is 5. The molecule has 20 heavy (non-hydrogen) atoms. The van der Waals surface area contributed by atoms with E-state index < -0.39 is 0 Å². The monoisotopic (exact) mass is 334 g/mol. The van der Waals surface area contributed by atoms with Gasteiger partial charge in [-0.3, -0.25) is 0 Å². The topological polar surface area (TPSA) is 61.3 Å². The molecule has 3 rings (SSSR count). The summed E-state index contributed by atoms with van der Waals surface area (Å²) in [5.41, 5.74) is 0. The molecule has 0 amide bonds. The Bertz CT molecular complexity index is 703. The highest BCUT2D eigenvalue weighted by atomic mass is 79.9. The molecule has 0 aliphatic heterocycles. The Kier molecular flexibility index (Phi) is 3.56. The third kappa shape index (κ3) is 2.91. The number of benzene rings is 1. The largest absolute Gasteiger partial charge is 0.486 e. The van der Waals surface area contributed by atoms with Crippen LogP contribution < -0.4 is 4.74 Å². The zero-order chi connectivity index (χ0) is 13.9. The van der Waals surface area contributed by atoms with Crippen molar-refractivity contribution in [2.75, 3.05) is 0 Å². The average molecular weight is 335 g/mol. The van der Waals surface area contributed by atoms with Gasteiger partial charge < -0.3 is 13.6 Å². The van der Waals surface area contributed by atoms with E-state index >= 15 is 0 Å². The third-order valence-corrected chi connectivity index (χ3v) is 3.12. The van der Waals surface area contributed by atoms with Crippen LogP contribution in [-0.2, 0) is 6.61 Å². The van der Waals surface area contributed by atoms with Gasteiger partial charge in [0.25, 0.3) is 5.89 Å². The van der Waals surface area contributed by atoms with Crippen LogP contribution >= 0.6 is 15.9 Å². The van der Waals surface area contributed by atoms with E-state index in [9.17, 15) is 0 Å². The Labute approximate surface area is 123 Å². The van der Waals surface area contributed by atoms with Gasteiger partial charge in [-0.15, -0.1) is 10.2 Å². The van der Waals surface area contributed by atoms with Crippen LogP contribution in [0.4, 0.5) is 0 Å². The van der Waals surface area contributed by atoms with E-state index in [0.717, 1.165) is 10.2 Å². The fourth-order valence-electron chi connectivity index (χ4n) is 1.65. The SMILES string of the molecule is Cc1nnc(-c2ccc(COc3ccc(Br)cc3)o2)o1. The van der Waals surface area contributed by atoms with Crippen molar-refractivity contribution in [1.82, 2.24) is 10.2 Å². The van der Waals surface area contributed by atoms with Gasteiger partial charge in [0.1, 0.15) is 18.1 Å². The Morgan fingerprint density at radius 2 is 1.85 bits per heavy atom. The lowest BCUT2D eigenvalue weighted by Gasteiger charge is -2.03. The number of furan rings is 1. The molecule has 3 aromatic rings. The summed E-state index contributed by atoms with van der Waals surface area (Å²) in [5.74, 6) is 2.89. The van der Waals surface area contributed by atoms with E-state index in [4.69, 9.17) is 13.6 Å². The molecule has 0 atom stereocenters. The Hall–Kier alpha value is -2.08. The van der Waals surface area contributed by atoms with Crippen molar-refractivity contribution < 1.29 is 13.6 Å². The first-order valence-electron chi connectivity index (χ1n) is 5.98. The van der Waals surface area contributed by atoms with Crippen LogP contribution in [-0.4, -0.2) is 10.2 Å². The minimum atomic E-state index is 0.342. The molecule has 2 heterocycles. The van der Waals surface area contributed by atoms with Crippen molar-refractivity contribution in [3.05, 3.63) is 52.5 Å². The van der Waals surface area contributed by atoms with Gasteiger partial charge in [0.15, 0.2) is 5.76 Å². The minimum Gasteiger partial charge on any atom is -0.486 e. The van der Waals surface area contributed by atoms with Crippen molar-refractivity contribution in [1.29, 1.82) is 0 Å². The minimum absolute atomic E-state index is 0.342. The Morgan fingerprint density at radius 1 is 1.05 bits per heavy atom. The molecule has 0 fully saturated rings. The Morgan fingerprint density at radius 3 is 2.55 bits per heavy atom. The quantitative estimate of drug-likeness (QED) is 0.722. The van der Waals surface area contributed by atoms with Gasteiger partial charge >= 0.3 is 0 Å². The van der Waals surface area contributed by atoms with E-state index in [1.807, 2.05) is 30.3 Å². The van der Waals surface area contributed by atoms with Crippen molar-refractivity contribution in [3.63, 3.8) is 0 Å². The molecule has 2 aromatic heterocycles. The van der Waals surface area contributed by atoms with Gasteiger partial charge in [-0.1, -0.05) is 15.9 Å². The van der Waals surface area contributed by atoms with Crippen molar-refractivity contribution in [2.24, 2.45) is 0 Å². The lowest BCUT2D eigenvalue weighted by Crippen LogP contribution is -1.93. The number of halogens is 1. The zero-order valence-corrected chi connectivity index (χ0v) is 12.3. The predicted octanol–water partition coefficient (Wildman–Crippen LogP) is 3.98. The number of ether oxygens (including phenoxy) is 1. The van der Waals surface area contributed by atoms with Crippen LogP contribution in [0.5, 0.6) is 5.75 Å². The van der Waals surface area contributed by atoms with Crippen molar-refractivity contribution in [2.45, 2.75) is 13.5 Å². The summed E-state index contributed by atoms with van der Waals surface area (Å²) >= 11 is 3.38. The number of nitrogens with zero attached hydrogens (tertiary/aromatic N) is 2. The van der Waals surface area contributed by atoms with Crippen LogP contribution in [0.1, 0.15) is 11.7 Å². The summed E-state index contributed by atoms with van der Waals surface area (Å²) in [4.78, 5) is 0. The molecular formula is C14H11BrN2O3. The second-order valence-electron chi connectivity index (χ2n) is 4.13. The van der Waals surface area contributed by atoms with Gasteiger partial charge in [0, 0.05) is 11.4 Å². The fourth-order valence-corrected chi connectivity index (χ4v) is 1.92. The second kappa shape index (κ2) is 5.50. The number of hydrogen-bond donors (Lipinski definition) is 0. The second-order valence-corrected chi connectivity index (χ2v) is 5.05. The first-order chi connectivity index (χ1) is 9.70. The highest BCUT2D eigenvalue weighted by molar-refractivity contribution is 9.10. The highest BCUT2D eigenvalue weighted by Gasteiger charge is 2.11. The zero-order valence-electron chi connectivity index (χ0n) is 10.7. The molecule has 0 N–H and O–H groups in total. The molecule has 0 radical (unpaired) electrons. The average Bonchev–Trinajstić information content (AvgIpc) is 3.07. The molecule has 0 saturated carbocycles. The molecular weight excluding hydrogens is 324 g/mol. The van der Waals surface area contributed by atoms with E-state index in [-0.39, 0.29) is 0 Å². The normalized spacial score (nSPS) is 10.7. The van der Waals surface area contributed by atoms with Crippen molar-refractivity contribution in [3.8, 4) is 17.4 Å². The van der Waals surface area contributed by atoms with Gasteiger partial charge in [-0.05, 0) is 36.4 Å². The lowest BCUT2D eigenvalue weighted by atomic mass is 10.3. The van der Waals surface area contributed by atoms with Crippen LogP contribution in [0.3, 0.4) is 0 Å². The van der Waals surface area contributed by atoms with Gasteiger partial charge in [-0.2, -0.15) is 0 Å². The van der Waals surface area contributed by atoms with Crippen LogP contribution in [0.15, 0.2) is 49.7 Å². The summed E-state index contributed by atoms with van der Waals surface area (Å²) in [6, 6.07) is 11.2. The summed E-state index contributed by atoms with van der Waals surface area (Å²) in [6.45, 7) is 2.08. The number of aryl methyl sites for hydroxylation is 1. The molecule has 5 nitrogen and oxygen atoms in total. The molecule has 1 aromatic carbocycles. The van der Waals surface area contributed by atoms with Gasteiger partial charge in [0.2, 0.25) is 5.89 Å². The molecule has 6 heteroatoms. The molecule has 0 aliphatic rings. The van der Waals surface area contributed by atoms with Gasteiger partial charge in [-0.25, -0.2) is 0 Å². The summed E-state index contributed by atoms with van der Waals surface area (Å²) in [7, 11) is 0. The highest BCUT2D eigenvalue weighted by Crippen LogP contribution is 2.22. The fraction of sp³-hybridized carbons (Fsp3) is 0.143. The maximum atomic E-state index is 5.62. The number of rotatable bonds is 4. The van der Waals surface area contributed by atoms with Gasteiger partial charge in [0.05, 0.1) is 0 Å². The molecule has 0 bridgehead atoms. The molecule has 0 spiro atoms. The van der Waals surface area contributed by atoms with E-state index in [1.165, 1.54) is 0 Å². The predicted molar refractivity (Wildman–Crippen MR) is 75.2 cm³/mol. The van der Waals surface area contributed by atoms with E-state index in [2.05, 4.69) is 26.1 Å². The summed E-state index contributed by atoms with van der Waals surface area (Å²) in [6.07, 6.45) is 0. The first-order valence-corrected chi connectivity index (χ1v) is 6.77. The Balaban J connectivity index is 1.67. The summed E-state index contributed by atoms with van der Waals surface area (Å²) < 4.78 is 17.5.